The van der Waals surface area contributed by atoms with Crippen LogP contribution >= 0.6 is 0 Å². The number of carbonyl (C=O) groups is 4. The molecule has 440 valence electrons. The van der Waals surface area contributed by atoms with Crippen LogP contribution in [0.25, 0.3) is 22.3 Å². The predicted molar refractivity (Wildman–Crippen MR) is 292 cm³/mol. The predicted octanol–water partition coefficient (Wildman–Crippen LogP) is 2.58. The van der Waals surface area contributed by atoms with Crippen LogP contribution in [0.3, 0.4) is 0 Å². The lowest BCUT2D eigenvalue weighted by Gasteiger charge is -2.24. The van der Waals surface area contributed by atoms with Gasteiger partial charge in [0.15, 0.2) is 70.2 Å². The molecule has 31 nitrogen and oxygen atoms in total. The van der Waals surface area contributed by atoms with Gasteiger partial charge in [-0.3, -0.25) is 29.4 Å². The number of aromatic nitrogens is 8. The fourth-order valence-corrected chi connectivity index (χ4v) is 10.4. The molecule has 83 heavy (non-hydrogen) atoms. The van der Waals surface area contributed by atoms with Crippen molar-refractivity contribution < 1.29 is 69.2 Å². The lowest BCUT2D eigenvalue weighted by Crippen LogP contribution is -2.42. The lowest BCUT2D eigenvalue weighted by molar-refractivity contribution is -0.198. The summed E-state index contributed by atoms with van der Waals surface area (Å²) in [6.45, 7) is 11.6. The molecule has 0 spiro atoms. The maximum atomic E-state index is 12.7. The van der Waals surface area contributed by atoms with Gasteiger partial charge in [0.1, 0.15) is 42.8 Å². The number of hydrogen-bond acceptors (Lipinski definition) is 22. The first-order valence-corrected chi connectivity index (χ1v) is 28.5. The summed E-state index contributed by atoms with van der Waals surface area (Å²) < 4.78 is 89.3. The van der Waals surface area contributed by atoms with Crippen LogP contribution in [0.5, 0.6) is 5.75 Å². The van der Waals surface area contributed by atoms with Crippen molar-refractivity contribution in [2.75, 3.05) is 34.8 Å². The highest BCUT2D eigenvalue weighted by Crippen LogP contribution is 2.45. The summed E-state index contributed by atoms with van der Waals surface area (Å²) in [5, 5.41) is 23.2. The Morgan fingerprint density at radius 3 is 1.53 bits per heavy atom. The first-order chi connectivity index (χ1) is 39.3. The Morgan fingerprint density at radius 1 is 0.590 bits per heavy atom. The molecular formula is C50H58N16O15S2. The number of primary sulfonamides is 2. The molecule has 0 saturated carbocycles. The van der Waals surface area contributed by atoms with E-state index in [1.807, 2.05) is 13.0 Å². The standard InChI is InChI=1S/C22H26N8O7S.C22H24N6O6.C6H8N2O2S/c1-4-24-19(31)15-14-16(37-22(2,3)36-14)20(35-15)30-10-27-13-17(25-9-26-18(13)30)29-21(32)28-11-6-5-7-12(8-11)38(23,33)34;1-4-23-19(29)15-14-16(34-22(2,3)33-14)20(32-15)28-11-26-13-17(24-10-25-18(13)28)27-21(30)31-12-8-6-5-7-9-12;7-5-2-1-3-6(4-5)11(8,9)10/h5-10,14-16,20H,4H2,1-3H3,(H,24,31)(H2,23,33,34)(H2,25,26,28,29,32);5-11,14-16,20H,4H2,1-3H3,(H,23,29)(H,24,25,27,30);1-4H,7H2,(H2,8,9,10)/t2*14?,15-,16?,20+;/m00./s1. The van der Waals surface area contributed by atoms with Crippen molar-refractivity contribution in [2.45, 2.75) is 112 Å². The monoisotopic (exact) mass is 1190 g/mol. The number of sulfonamides is 2. The molecular weight excluding hydrogens is 1130 g/mol. The Morgan fingerprint density at radius 2 is 1.06 bits per heavy atom. The molecule has 7 aromatic rings. The number of fused-ring (bicyclic) bond motifs is 4. The molecule has 11 N–H and O–H groups in total. The Hall–Kier alpha value is -8.38. The van der Waals surface area contributed by atoms with E-state index in [4.69, 9.17) is 49.2 Å². The van der Waals surface area contributed by atoms with E-state index in [2.05, 4.69) is 56.5 Å². The van der Waals surface area contributed by atoms with Gasteiger partial charge in [-0.05, 0) is 90.1 Å². The van der Waals surface area contributed by atoms with Gasteiger partial charge in [-0.2, -0.15) is 0 Å². The van der Waals surface area contributed by atoms with E-state index in [-0.39, 0.29) is 44.4 Å². The molecule has 8 heterocycles. The summed E-state index contributed by atoms with van der Waals surface area (Å²) in [7, 11) is -7.55. The third kappa shape index (κ3) is 13.4. The Kier molecular flexibility index (Phi) is 17.0. The summed E-state index contributed by atoms with van der Waals surface area (Å²) in [6, 6.07) is 19.3. The number of imidazole rings is 2. The molecule has 11 rings (SSSR count). The zero-order valence-electron chi connectivity index (χ0n) is 45.1. The first-order valence-electron chi connectivity index (χ1n) is 25.4. The molecule has 33 heteroatoms. The molecule has 4 unspecified atom stereocenters. The number of benzene rings is 3. The number of hydrogen-bond donors (Lipinski definition) is 8. The van der Waals surface area contributed by atoms with Crippen LogP contribution in [0.4, 0.5) is 32.6 Å². The highest BCUT2D eigenvalue weighted by molar-refractivity contribution is 7.89. The van der Waals surface area contributed by atoms with Crippen LogP contribution in [0.15, 0.2) is 114 Å². The van der Waals surface area contributed by atoms with Crippen molar-refractivity contribution in [3.05, 3.63) is 104 Å². The number of urea groups is 1. The second kappa shape index (κ2) is 23.8. The largest absolute Gasteiger partial charge is 0.418 e. The van der Waals surface area contributed by atoms with E-state index in [0.717, 1.165) is 0 Å². The third-order valence-corrected chi connectivity index (χ3v) is 14.4. The smallest absolute Gasteiger partial charge is 0.410 e. The van der Waals surface area contributed by atoms with Crippen LogP contribution in [0.2, 0.25) is 0 Å². The number of para-hydroxylation sites is 1. The van der Waals surface area contributed by atoms with Crippen molar-refractivity contribution in [2.24, 2.45) is 10.3 Å². The minimum absolute atomic E-state index is 0.0394. The number of anilines is 4. The van der Waals surface area contributed by atoms with E-state index in [9.17, 15) is 36.0 Å². The second-order valence-corrected chi connectivity index (χ2v) is 22.6. The average Bonchev–Trinajstić information content (AvgIpc) is 2.03. The highest BCUT2D eigenvalue weighted by Gasteiger charge is 2.59. The number of likely N-dealkylation sites (N-methyl/N-ethyl adjacent to an activating group) is 2. The van der Waals surface area contributed by atoms with Crippen LogP contribution in [0.1, 0.15) is 54.0 Å². The highest BCUT2D eigenvalue weighted by atomic mass is 32.2. The zero-order chi connectivity index (χ0) is 59.6. The molecule has 5 amide bonds. The van der Waals surface area contributed by atoms with Crippen molar-refractivity contribution in [1.29, 1.82) is 0 Å². The maximum Gasteiger partial charge on any atom is 0.418 e. The Labute approximate surface area is 473 Å². The summed E-state index contributed by atoms with van der Waals surface area (Å²) in [5.41, 5.74) is 7.21. The van der Waals surface area contributed by atoms with E-state index in [1.165, 1.54) is 67.8 Å². The van der Waals surface area contributed by atoms with Crippen molar-refractivity contribution in [1.82, 2.24) is 49.7 Å². The van der Waals surface area contributed by atoms with Gasteiger partial charge in [-0.25, -0.2) is 66.6 Å². The van der Waals surface area contributed by atoms with Gasteiger partial charge in [0.05, 0.1) is 22.4 Å². The van der Waals surface area contributed by atoms with Gasteiger partial charge in [0.25, 0.3) is 11.8 Å². The van der Waals surface area contributed by atoms with Crippen LogP contribution < -0.4 is 47.3 Å². The molecule has 0 radical (unpaired) electrons. The molecule has 8 atom stereocenters. The number of nitrogens with two attached hydrogens (primary N) is 3. The second-order valence-electron chi connectivity index (χ2n) is 19.5. The minimum atomic E-state index is -3.94. The first kappa shape index (κ1) is 59.2. The van der Waals surface area contributed by atoms with Crippen LogP contribution in [-0.4, -0.2) is 141 Å². The molecule has 3 aromatic carbocycles. The van der Waals surface area contributed by atoms with Crippen LogP contribution in [0, 0.1) is 0 Å². The topological polar surface area (TPSA) is 427 Å². The third-order valence-electron chi connectivity index (χ3n) is 12.6. The normalized spacial score (nSPS) is 22.9. The number of nitrogen functional groups attached to an aromatic ring is 1. The SMILES string of the molecule is CCNC(=O)[C@H]1O[C@@H](n2cnc3c(NC(=O)Nc4cccc(S(N)(=O)=O)c4)ncnc32)C2OC(C)(C)OC21.CCNC(=O)[C@H]1O[C@@H](n2cnc3c(NC(=O)Oc4ccccc4)ncnc32)C2OC(C)(C)OC21.Nc1cccc(S(N)(=O)=O)c1. The minimum Gasteiger partial charge on any atom is -0.410 e. The number of rotatable bonds is 12. The van der Waals surface area contributed by atoms with Gasteiger partial charge in [0, 0.05) is 24.5 Å². The average molecular weight is 1190 g/mol. The van der Waals surface area contributed by atoms with Crippen molar-refractivity contribution in [3.63, 3.8) is 0 Å². The Balaban J connectivity index is 0.000000169. The maximum absolute atomic E-state index is 12.7. The van der Waals surface area contributed by atoms with Crippen molar-refractivity contribution in [3.8, 4) is 5.75 Å². The van der Waals surface area contributed by atoms with Crippen molar-refractivity contribution >= 4 is 89.3 Å². The lowest BCUT2D eigenvalue weighted by atomic mass is 10.1. The molecule has 4 fully saturated rings. The number of nitrogens with one attached hydrogen (secondary N) is 5. The van der Waals surface area contributed by atoms with Gasteiger partial charge in [-0.15, -0.1) is 0 Å². The molecule has 4 aliphatic heterocycles. The zero-order valence-corrected chi connectivity index (χ0v) is 46.7. The van der Waals surface area contributed by atoms with Crippen LogP contribution in [-0.2, 0) is 58.1 Å². The Bertz CT molecular complexity index is 3800. The number of nitrogens with zero attached hydrogens (tertiary/aromatic N) is 8. The molecule has 4 aromatic heterocycles. The number of ether oxygens (including phenoxy) is 7. The summed E-state index contributed by atoms with van der Waals surface area (Å²) in [6.07, 6.45) is -1.01. The van der Waals surface area contributed by atoms with E-state index in [0.29, 0.717) is 41.3 Å². The van der Waals surface area contributed by atoms with Gasteiger partial charge < -0.3 is 54.8 Å². The van der Waals surface area contributed by atoms with E-state index in [1.54, 1.807) is 74.1 Å². The summed E-state index contributed by atoms with van der Waals surface area (Å²) in [4.78, 5) is 75.7. The van der Waals surface area contributed by atoms with Gasteiger partial charge in [-0.1, -0.05) is 30.3 Å². The fraction of sp³-hybridized carbons (Fsp3) is 0.360. The van der Waals surface area contributed by atoms with E-state index >= 15 is 0 Å². The summed E-state index contributed by atoms with van der Waals surface area (Å²) in [5.74, 6) is -1.78. The molecule has 4 aliphatic rings. The quantitative estimate of drug-likeness (QED) is 0.0815. The molecule has 4 saturated heterocycles. The molecule has 0 aliphatic carbocycles. The summed E-state index contributed by atoms with van der Waals surface area (Å²) >= 11 is 0. The molecule has 0 bridgehead atoms. The van der Waals surface area contributed by atoms with Gasteiger partial charge in [0.2, 0.25) is 20.0 Å². The van der Waals surface area contributed by atoms with E-state index < -0.39 is 92.8 Å². The number of carbonyl (C=O) groups excluding carboxylic acids is 4. The van der Waals surface area contributed by atoms with Gasteiger partial charge >= 0.3 is 12.1 Å². The number of amides is 5. The fourth-order valence-electron chi connectivity index (χ4n) is 9.26.